The van der Waals surface area contributed by atoms with Crippen molar-refractivity contribution in [3.8, 4) is 0 Å². The van der Waals surface area contributed by atoms with Gasteiger partial charge in [-0.2, -0.15) is 0 Å². The molecule has 4 rings (SSSR count). The van der Waals surface area contributed by atoms with Gasteiger partial charge in [0.25, 0.3) is 0 Å². The maximum atomic E-state index is 12.2. The van der Waals surface area contributed by atoms with E-state index in [4.69, 9.17) is 4.98 Å². The summed E-state index contributed by atoms with van der Waals surface area (Å²) in [6.45, 7) is 2.09. The minimum absolute atomic E-state index is 0.0643. The number of likely N-dealkylation sites (tertiary alicyclic amines) is 1. The second-order valence-electron chi connectivity index (χ2n) is 7.24. The highest BCUT2D eigenvalue weighted by atomic mass is 32.2. The summed E-state index contributed by atoms with van der Waals surface area (Å²) in [7, 11) is -2.96. The van der Waals surface area contributed by atoms with E-state index in [-0.39, 0.29) is 23.5 Å². The molecule has 8 heteroatoms. The van der Waals surface area contributed by atoms with Crippen LogP contribution in [0.5, 0.6) is 0 Å². The number of hydrogen-bond donors (Lipinski definition) is 1. The van der Waals surface area contributed by atoms with Gasteiger partial charge in [-0.3, -0.25) is 9.69 Å². The number of fused-ring (bicyclic) bond motifs is 1. The number of rotatable bonds is 4. The molecule has 26 heavy (non-hydrogen) atoms. The van der Waals surface area contributed by atoms with Gasteiger partial charge in [-0.15, -0.1) is 11.3 Å². The van der Waals surface area contributed by atoms with Crippen molar-refractivity contribution in [2.45, 2.75) is 31.2 Å². The summed E-state index contributed by atoms with van der Waals surface area (Å²) in [4.78, 5) is 19.1. The normalized spacial score (nSPS) is 24.1. The molecule has 0 spiro atoms. The van der Waals surface area contributed by atoms with Gasteiger partial charge in [0, 0.05) is 12.0 Å². The second kappa shape index (κ2) is 7.25. The molecule has 0 saturated carbocycles. The molecule has 2 aliphatic heterocycles. The Balaban J connectivity index is 1.27. The molecule has 2 fully saturated rings. The van der Waals surface area contributed by atoms with Crippen LogP contribution in [-0.4, -0.2) is 61.4 Å². The Hall–Kier alpha value is -1.51. The van der Waals surface area contributed by atoms with Crippen LogP contribution in [0.1, 0.15) is 30.2 Å². The molecule has 2 aromatic rings. The van der Waals surface area contributed by atoms with E-state index in [0.717, 1.165) is 31.4 Å². The maximum absolute atomic E-state index is 12.2. The Morgan fingerprint density at radius 3 is 2.69 bits per heavy atom. The van der Waals surface area contributed by atoms with Crippen LogP contribution in [0.25, 0.3) is 10.2 Å². The third-order valence-corrected chi connectivity index (χ3v) is 8.18. The lowest BCUT2D eigenvalue weighted by Crippen LogP contribution is -2.44. The van der Waals surface area contributed by atoms with E-state index in [1.807, 2.05) is 12.1 Å². The Morgan fingerprint density at radius 2 is 2.00 bits per heavy atom. The highest BCUT2D eigenvalue weighted by molar-refractivity contribution is 7.91. The summed E-state index contributed by atoms with van der Waals surface area (Å²) in [6, 6.07) is 8.01. The maximum Gasteiger partial charge on any atom is 0.234 e. The molecule has 2 saturated heterocycles. The van der Waals surface area contributed by atoms with Crippen molar-refractivity contribution in [1.82, 2.24) is 15.2 Å². The molecular weight excluding hydrogens is 370 g/mol. The Kier molecular flexibility index (Phi) is 4.98. The molecule has 6 nitrogen and oxygen atoms in total. The van der Waals surface area contributed by atoms with Crippen LogP contribution in [0.4, 0.5) is 0 Å². The summed E-state index contributed by atoms with van der Waals surface area (Å²) < 4.78 is 24.2. The zero-order chi connectivity index (χ0) is 18.1. The highest BCUT2D eigenvalue weighted by Gasteiger charge is 2.30. The molecule has 0 aliphatic carbocycles. The fraction of sp³-hybridized carbons (Fsp3) is 0.556. The largest absolute Gasteiger partial charge is 0.351 e. The Bertz CT molecular complexity index is 868. The van der Waals surface area contributed by atoms with Gasteiger partial charge < -0.3 is 5.32 Å². The van der Waals surface area contributed by atoms with Crippen LogP contribution >= 0.6 is 11.3 Å². The number of carbonyl (C=O) groups is 1. The minimum Gasteiger partial charge on any atom is -0.351 e. The molecule has 2 aliphatic rings. The lowest BCUT2D eigenvalue weighted by Gasteiger charge is -2.30. The van der Waals surface area contributed by atoms with Gasteiger partial charge in [-0.05, 0) is 44.5 Å². The number of aromatic nitrogens is 1. The number of sulfone groups is 1. The van der Waals surface area contributed by atoms with Gasteiger partial charge in [-0.25, -0.2) is 13.4 Å². The Labute approximate surface area is 157 Å². The van der Waals surface area contributed by atoms with Gasteiger partial charge in [0.15, 0.2) is 9.84 Å². The molecule has 0 unspecified atom stereocenters. The van der Waals surface area contributed by atoms with Crippen LogP contribution in [0.15, 0.2) is 24.3 Å². The number of nitrogens with one attached hydrogen (secondary N) is 1. The first-order valence-corrected chi connectivity index (χ1v) is 11.7. The molecule has 1 aromatic carbocycles. The number of piperidine rings is 1. The topological polar surface area (TPSA) is 79.4 Å². The predicted molar refractivity (Wildman–Crippen MR) is 103 cm³/mol. The lowest BCUT2D eigenvalue weighted by atomic mass is 9.97. The average Bonchev–Trinajstić information content (AvgIpc) is 3.18. The van der Waals surface area contributed by atoms with Crippen LogP contribution in [0.3, 0.4) is 0 Å². The van der Waals surface area contributed by atoms with Crippen molar-refractivity contribution in [3.63, 3.8) is 0 Å². The van der Waals surface area contributed by atoms with Crippen molar-refractivity contribution in [1.29, 1.82) is 0 Å². The highest BCUT2D eigenvalue weighted by Crippen LogP contribution is 2.33. The summed E-state index contributed by atoms with van der Waals surface area (Å²) >= 11 is 1.77. The number of benzene rings is 1. The van der Waals surface area contributed by atoms with Gasteiger partial charge in [0.2, 0.25) is 5.91 Å². The van der Waals surface area contributed by atoms with E-state index >= 15 is 0 Å². The first-order chi connectivity index (χ1) is 12.5. The first kappa shape index (κ1) is 17.9. The van der Waals surface area contributed by atoms with Gasteiger partial charge in [0.1, 0.15) is 0 Å². The molecule has 1 amide bonds. The quantitative estimate of drug-likeness (QED) is 0.857. The van der Waals surface area contributed by atoms with Crippen LogP contribution in [0, 0.1) is 0 Å². The number of carbonyl (C=O) groups excluding carboxylic acids is 1. The molecular formula is C18H23N3O3S2. The minimum atomic E-state index is -2.96. The second-order valence-corrected chi connectivity index (χ2v) is 10.5. The van der Waals surface area contributed by atoms with Crippen LogP contribution in [-0.2, 0) is 14.6 Å². The van der Waals surface area contributed by atoms with Crippen molar-refractivity contribution < 1.29 is 13.2 Å². The monoisotopic (exact) mass is 393 g/mol. The van der Waals surface area contributed by atoms with E-state index in [9.17, 15) is 13.2 Å². The molecule has 3 heterocycles. The summed E-state index contributed by atoms with van der Waals surface area (Å²) in [5.41, 5.74) is 1.07. The van der Waals surface area contributed by atoms with E-state index < -0.39 is 9.84 Å². The third kappa shape index (κ3) is 4.07. The Morgan fingerprint density at radius 1 is 1.23 bits per heavy atom. The van der Waals surface area contributed by atoms with Gasteiger partial charge in [-0.1, -0.05) is 12.1 Å². The van der Waals surface area contributed by atoms with Crippen LogP contribution in [0.2, 0.25) is 0 Å². The van der Waals surface area contributed by atoms with Crippen molar-refractivity contribution in [2.75, 3.05) is 31.1 Å². The van der Waals surface area contributed by atoms with Gasteiger partial charge >= 0.3 is 0 Å². The van der Waals surface area contributed by atoms with E-state index in [0.29, 0.717) is 18.9 Å². The number of hydrogen-bond acceptors (Lipinski definition) is 6. The number of nitrogens with zero attached hydrogens (tertiary/aromatic N) is 2. The SMILES string of the molecule is O=C(CN1CCC(c2nc3ccccc3s2)CC1)N[C@H]1CCS(=O)(=O)C1. The fourth-order valence-corrected chi connectivity index (χ4v) is 6.60. The van der Waals surface area contributed by atoms with Crippen molar-refractivity contribution >= 4 is 37.3 Å². The zero-order valence-electron chi connectivity index (χ0n) is 14.6. The number of para-hydroxylation sites is 1. The molecule has 140 valence electrons. The summed E-state index contributed by atoms with van der Waals surface area (Å²) in [5, 5.41) is 4.07. The predicted octanol–water partition coefficient (Wildman–Crippen LogP) is 1.78. The number of amides is 1. The van der Waals surface area contributed by atoms with Crippen LogP contribution < -0.4 is 5.32 Å². The van der Waals surface area contributed by atoms with Gasteiger partial charge in [0.05, 0.1) is 33.3 Å². The zero-order valence-corrected chi connectivity index (χ0v) is 16.2. The summed E-state index contributed by atoms with van der Waals surface area (Å²) in [5.74, 6) is 0.668. The lowest BCUT2D eigenvalue weighted by molar-refractivity contribution is -0.123. The van der Waals surface area contributed by atoms with E-state index in [1.165, 1.54) is 9.71 Å². The smallest absolute Gasteiger partial charge is 0.234 e. The van der Waals surface area contributed by atoms with E-state index in [2.05, 4.69) is 22.3 Å². The molecule has 0 radical (unpaired) electrons. The number of thiazole rings is 1. The van der Waals surface area contributed by atoms with Crippen molar-refractivity contribution in [3.05, 3.63) is 29.3 Å². The fourth-order valence-electron chi connectivity index (χ4n) is 3.79. The first-order valence-electron chi connectivity index (χ1n) is 9.06. The van der Waals surface area contributed by atoms with Crippen molar-refractivity contribution in [2.24, 2.45) is 0 Å². The van der Waals surface area contributed by atoms with E-state index in [1.54, 1.807) is 11.3 Å². The molecule has 1 aromatic heterocycles. The summed E-state index contributed by atoms with van der Waals surface area (Å²) in [6.07, 6.45) is 2.55. The third-order valence-electron chi connectivity index (χ3n) is 5.21. The molecule has 1 N–H and O–H groups in total. The average molecular weight is 394 g/mol. The standard InChI is InChI=1S/C18H23N3O3S2/c22-17(19-14-7-10-26(23,24)12-14)11-21-8-5-13(6-9-21)18-20-15-3-1-2-4-16(15)25-18/h1-4,13-14H,5-12H2,(H,19,22)/t14-/m0/s1. The molecule has 1 atom stereocenters. The molecule has 0 bridgehead atoms.